The van der Waals surface area contributed by atoms with Crippen LogP contribution in [0.5, 0.6) is 0 Å². The van der Waals surface area contributed by atoms with Crippen molar-refractivity contribution < 1.29 is 35.1 Å². The highest BCUT2D eigenvalue weighted by molar-refractivity contribution is 5.66. The van der Waals surface area contributed by atoms with E-state index in [9.17, 15) is 35.1 Å². The normalized spacial score (nSPS) is 12.7. The lowest BCUT2D eigenvalue weighted by atomic mass is 9.98. The van der Waals surface area contributed by atoms with Gasteiger partial charge < -0.3 is 0 Å². The first-order valence-electron chi connectivity index (χ1n) is 6.16. The van der Waals surface area contributed by atoms with Gasteiger partial charge in [0.25, 0.3) is 6.43 Å². The molecule has 0 spiro atoms. The van der Waals surface area contributed by atoms with Gasteiger partial charge in [-0.05, 0) is 41.5 Å². The predicted molar refractivity (Wildman–Crippen MR) is 66.8 cm³/mol. The van der Waals surface area contributed by atoms with E-state index in [0.29, 0.717) is 24.3 Å². The van der Waals surface area contributed by atoms with Gasteiger partial charge >= 0.3 is 12.4 Å². The molecule has 0 amide bonds. The van der Waals surface area contributed by atoms with Gasteiger partial charge in [0.15, 0.2) is 0 Å². The van der Waals surface area contributed by atoms with Crippen LogP contribution in [0.3, 0.4) is 0 Å². The van der Waals surface area contributed by atoms with Crippen LogP contribution in [0.25, 0.3) is 11.1 Å². The second kappa shape index (κ2) is 5.82. The molecule has 8 heteroatoms. The van der Waals surface area contributed by atoms with Crippen molar-refractivity contribution in [1.82, 2.24) is 0 Å². The Bertz CT molecular complexity index is 680. The van der Waals surface area contributed by atoms with E-state index in [1.54, 1.807) is 0 Å². The van der Waals surface area contributed by atoms with Crippen molar-refractivity contribution in [3.8, 4) is 11.1 Å². The summed E-state index contributed by atoms with van der Waals surface area (Å²) in [5, 5.41) is 0. The van der Waals surface area contributed by atoms with Gasteiger partial charge in [0.2, 0.25) is 0 Å². The van der Waals surface area contributed by atoms with Crippen molar-refractivity contribution in [3.63, 3.8) is 0 Å². The minimum Gasteiger partial charge on any atom is -0.205 e. The first-order chi connectivity index (χ1) is 10.5. The summed E-state index contributed by atoms with van der Waals surface area (Å²) in [6.07, 6.45) is -12.6. The van der Waals surface area contributed by atoms with Gasteiger partial charge in [-0.3, -0.25) is 0 Å². The van der Waals surface area contributed by atoms with Crippen LogP contribution < -0.4 is 0 Å². The van der Waals surface area contributed by atoms with Crippen LogP contribution >= 0.6 is 0 Å². The summed E-state index contributed by atoms with van der Waals surface area (Å²) in [4.78, 5) is 0. The van der Waals surface area contributed by atoms with Gasteiger partial charge in [-0.2, -0.15) is 26.3 Å². The molecule has 0 fully saturated rings. The highest BCUT2D eigenvalue weighted by Gasteiger charge is 2.32. The Labute approximate surface area is 125 Å². The van der Waals surface area contributed by atoms with E-state index in [0.717, 1.165) is 18.2 Å². The van der Waals surface area contributed by atoms with E-state index in [2.05, 4.69) is 0 Å². The molecule has 0 N–H and O–H groups in total. The number of halogens is 8. The smallest absolute Gasteiger partial charge is 0.205 e. The summed E-state index contributed by atoms with van der Waals surface area (Å²) in [7, 11) is 0. The minimum atomic E-state index is -4.84. The third-order valence-corrected chi connectivity index (χ3v) is 3.08. The van der Waals surface area contributed by atoms with E-state index in [4.69, 9.17) is 0 Å². The average molecular weight is 340 g/mol. The summed E-state index contributed by atoms with van der Waals surface area (Å²) in [5.74, 6) is 0. The van der Waals surface area contributed by atoms with Gasteiger partial charge in [0.1, 0.15) is 0 Å². The Morgan fingerprint density at radius 2 is 1.13 bits per heavy atom. The molecule has 0 saturated carbocycles. The molecular formula is C15H8F8. The molecule has 0 bridgehead atoms. The Balaban J connectivity index is 2.52. The van der Waals surface area contributed by atoms with Crippen molar-refractivity contribution in [3.05, 3.63) is 59.2 Å². The van der Waals surface area contributed by atoms with E-state index >= 15 is 0 Å². The first kappa shape index (κ1) is 17.2. The molecule has 0 aliphatic rings. The van der Waals surface area contributed by atoms with Crippen LogP contribution in [0.1, 0.15) is 23.1 Å². The molecule has 0 unspecified atom stereocenters. The number of alkyl halides is 8. The van der Waals surface area contributed by atoms with Gasteiger partial charge in [-0.15, -0.1) is 0 Å². The lowest BCUT2D eigenvalue weighted by molar-refractivity contribution is -0.138. The quantitative estimate of drug-likeness (QED) is 0.561. The lowest BCUT2D eigenvalue weighted by Gasteiger charge is -2.13. The zero-order chi connectivity index (χ0) is 17.4. The molecule has 2 aromatic rings. The first-order valence-corrected chi connectivity index (χ1v) is 6.16. The van der Waals surface area contributed by atoms with Crippen molar-refractivity contribution >= 4 is 0 Å². The third kappa shape index (κ3) is 4.00. The number of hydrogen-bond acceptors (Lipinski definition) is 0. The fourth-order valence-electron chi connectivity index (χ4n) is 1.96. The van der Waals surface area contributed by atoms with Gasteiger partial charge in [-0.25, -0.2) is 8.78 Å². The molecule has 0 aliphatic carbocycles. The Kier molecular flexibility index (Phi) is 4.37. The predicted octanol–water partition coefficient (Wildman–Crippen LogP) is 6.33. The maximum absolute atomic E-state index is 12.8. The molecule has 0 radical (unpaired) electrons. The molecule has 0 heterocycles. The van der Waals surface area contributed by atoms with E-state index in [1.165, 1.54) is 0 Å². The van der Waals surface area contributed by atoms with E-state index < -0.39 is 35.5 Å². The van der Waals surface area contributed by atoms with Crippen molar-refractivity contribution in [1.29, 1.82) is 0 Å². The molecule has 2 aromatic carbocycles. The highest BCUT2D eigenvalue weighted by Crippen LogP contribution is 2.37. The van der Waals surface area contributed by atoms with Crippen LogP contribution in [0.4, 0.5) is 35.1 Å². The third-order valence-electron chi connectivity index (χ3n) is 3.08. The van der Waals surface area contributed by atoms with Gasteiger partial charge in [0.05, 0.1) is 11.1 Å². The topological polar surface area (TPSA) is 0 Å². The Morgan fingerprint density at radius 1 is 0.609 bits per heavy atom. The van der Waals surface area contributed by atoms with Gasteiger partial charge in [-0.1, -0.05) is 12.1 Å². The van der Waals surface area contributed by atoms with Crippen molar-refractivity contribution in [2.24, 2.45) is 0 Å². The fourth-order valence-corrected chi connectivity index (χ4v) is 1.96. The molecule has 124 valence electrons. The Hall–Kier alpha value is -2.12. The molecule has 0 aromatic heterocycles. The second-order valence-corrected chi connectivity index (χ2v) is 4.72. The van der Waals surface area contributed by atoms with Crippen LogP contribution in [0.15, 0.2) is 42.5 Å². The SMILES string of the molecule is FC(F)c1cc(-c2ccc(C(F)(F)F)cc2)cc(C(F)(F)F)c1. The van der Waals surface area contributed by atoms with Crippen molar-refractivity contribution in [2.75, 3.05) is 0 Å². The van der Waals surface area contributed by atoms with Crippen LogP contribution in [0, 0.1) is 0 Å². The van der Waals surface area contributed by atoms with Gasteiger partial charge in [0, 0.05) is 5.56 Å². The lowest BCUT2D eigenvalue weighted by Crippen LogP contribution is -2.06. The largest absolute Gasteiger partial charge is 0.416 e. The molecule has 0 aliphatic heterocycles. The summed E-state index contributed by atoms with van der Waals surface area (Å²) >= 11 is 0. The molecule has 0 atom stereocenters. The standard InChI is InChI=1S/C15H8F8/c16-13(17)10-5-9(6-12(7-10)15(21,22)23)8-1-3-11(4-2-8)14(18,19)20/h1-7,13H. The minimum absolute atomic E-state index is 0.0222. The zero-order valence-electron chi connectivity index (χ0n) is 11.1. The summed E-state index contributed by atoms with van der Waals surface area (Å²) in [6, 6.07) is 4.99. The zero-order valence-corrected chi connectivity index (χ0v) is 11.1. The maximum Gasteiger partial charge on any atom is 0.416 e. The second-order valence-electron chi connectivity index (χ2n) is 4.72. The fraction of sp³-hybridized carbons (Fsp3) is 0.200. The van der Waals surface area contributed by atoms with Crippen LogP contribution in [-0.4, -0.2) is 0 Å². The summed E-state index contributed by atoms with van der Waals surface area (Å²) in [6.45, 7) is 0. The van der Waals surface area contributed by atoms with Crippen molar-refractivity contribution in [2.45, 2.75) is 18.8 Å². The molecular weight excluding hydrogens is 332 g/mol. The number of hydrogen-bond donors (Lipinski definition) is 0. The molecule has 2 rings (SSSR count). The maximum atomic E-state index is 12.8. The monoisotopic (exact) mass is 340 g/mol. The van der Waals surface area contributed by atoms with Crippen LogP contribution in [-0.2, 0) is 12.4 Å². The van der Waals surface area contributed by atoms with Crippen LogP contribution in [0.2, 0.25) is 0 Å². The molecule has 23 heavy (non-hydrogen) atoms. The highest BCUT2D eigenvalue weighted by atomic mass is 19.4. The molecule has 0 saturated heterocycles. The number of benzene rings is 2. The molecule has 0 nitrogen and oxygen atoms in total. The van der Waals surface area contributed by atoms with E-state index in [-0.39, 0.29) is 11.1 Å². The van der Waals surface area contributed by atoms with E-state index in [1.807, 2.05) is 0 Å². The summed E-state index contributed by atoms with van der Waals surface area (Å²) < 4.78 is 101. The Morgan fingerprint density at radius 3 is 1.57 bits per heavy atom. The number of rotatable bonds is 2. The average Bonchev–Trinajstić information content (AvgIpc) is 2.45. The summed E-state index contributed by atoms with van der Waals surface area (Å²) in [5.41, 5.74) is -3.38.